The number of rotatable bonds is 6. The van der Waals surface area contributed by atoms with Gasteiger partial charge in [-0.15, -0.1) is 0 Å². The minimum Gasteiger partial charge on any atom is -0.496 e. The van der Waals surface area contributed by atoms with E-state index in [1.165, 1.54) is 0 Å². The topological polar surface area (TPSA) is 46.8 Å². The highest BCUT2D eigenvalue weighted by molar-refractivity contribution is 6.36. The first-order chi connectivity index (χ1) is 12.2. The molecule has 4 nitrogen and oxygen atoms in total. The first kappa shape index (κ1) is 17.4. The van der Waals surface area contributed by atoms with Gasteiger partial charge < -0.3 is 14.6 Å². The third kappa shape index (κ3) is 4.35. The summed E-state index contributed by atoms with van der Waals surface area (Å²) in [5.74, 6) is 2.10. The van der Waals surface area contributed by atoms with Crippen LogP contribution in [0.4, 0.5) is 0 Å². The smallest absolute Gasteiger partial charge is 0.147 e. The molecule has 0 bridgehead atoms. The van der Waals surface area contributed by atoms with Gasteiger partial charge in [-0.1, -0.05) is 41.4 Å². The molecule has 6 heteroatoms. The van der Waals surface area contributed by atoms with E-state index >= 15 is 0 Å². The van der Waals surface area contributed by atoms with Gasteiger partial charge in [-0.05, 0) is 36.4 Å². The second-order valence-corrected chi connectivity index (χ2v) is 6.07. The van der Waals surface area contributed by atoms with Crippen molar-refractivity contribution in [2.75, 3.05) is 7.11 Å². The van der Waals surface area contributed by atoms with Gasteiger partial charge in [0.1, 0.15) is 17.3 Å². The molecule has 128 valence electrons. The Morgan fingerprint density at radius 1 is 1.12 bits per heavy atom. The summed E-state index contributed by atoms with van der Waals surface area (Å²) in [6, 6.07) is 16.7. The largest absolute Gasteiger partial charge is 0.496 e. The van der Waals surface area contributed by atoms with Crippen LogP contribution in [0.2, 0.25) is 10.0 Å². The Labute approximate surface area is 156 Å². The molecule has 0 amide bonds. The molecule has 0 saturated carbocycles. The molecule has 1 N–H and O–H groups in total. The minimum absolute atomic E-state index is 0.541. The number of furan rings is 1. The average molecular weight is 375 g/mol. The number of ether oxygens (including phenoxy) is 1. The van der Waals surface area contributed by atoms with Crippen molar-refractivity contribution in [2.45, 2.75) is 6.54 Å². The number of methoxy groups -OCH3 is 1. The van der Waals surface area contributed by atoms with Crippen molar-refractivity contribution in [1.29, 1.82) is 0 Å². The van der Waals surface area contributed by atoms with Gasteiger partial charge in [-0.3, -0.25) is 0 Å². The molecule has 0 unspecified atom stereocenters. The number of hydrogen-bond acceptors (Lipinski definition) is 4. The van der Waals surface area contributed by atoms with Gasteiger partial charge >= 0.3 is 0 Å². The molecule has 0 aliphatic rings. The number of halogens is 2. The molecule has 0 spiro atoms. The van der Waals surface area contributed by atoms with Crippen molar-refractivity contribution in [1.82, 2.24) is 5.43 Å². The summed E-state index contributed by atoms with van der Waals surface area (Å²) in [5.41, 5.74) is 4.79. The lowest BCUT2D eigenvalue weighted by atomic mass is 10.2. The predicted octanol–water partition coefficient (Wildman–Crippen LogP) is 5.39. The summed E-state index contributed by atoms with van der Waals surface area (Å²) in [7, 11) is 1.65. The van der Waals surface area contributed by atoms with E-state index in [4.69, 9.17) is 32.4 Å². The van der Waals surface area contributed by atoms with Crippen molar-refractivity contribution >= 4 is 29.4 Å². The van der Waals surface area contributed by atoms with Gasteiger partial charge in [0.15, 0.2) is 0 Å². The van der Waals surface area contributed by atoms with Crippen molar-refractivity contribution in [2.24, 2.45) is 5.10 Å². The minimum atomic E-state index is 0.541. The molecule has 0 aliphatic heterocycles. The number of nitrogens with one attached hydrogen (secondary N) is 1. The van der Waals surface area contributed by atoms with Crippen LogP contribution in [0.15, 0.2) is 64.1 Å². The molecule has 2 aromatic carbocycles. The number of para-hydroxylation sites is 1. The summed E-state index contributed by atoms with van der Waals surface area (Å²) >= 11 is 12.1. The van der Waals surface area contributed by atoms with Gasteiger partial charge in [0.05, 0.1) is 24.9 Å². The lowest BCUT2D eigenvalue weighted by Gasteiger charge is -2.06. The number of nitrogens with zero attached hydrogens (tertiary/aromatic N) is 1. The number of hydrazone groups is 1. The third-order valence-electron chi connectivity index (χ3n) is 3.57. The quantitative estimate of drug-likeness (QED) is 0.464. The molecular formula is C19H16Cl2N2O2. The predicted molar refractivity (Wildman–Crippen MR) is 102 cm³/mol. The van der Waals surface area contributed by atoms with E-state index in [2.05, 4.69) is 10.5 Å². The Balaban J connectivity index is 1.64. The van der Waals surface area contributed by atoms with Crippen LogP contribution >= 0.6 is 23.2 Å². The second kappa shape index (κ2) is 8.10. The molecular weight excluding hydrogens is 359 g/mol. The summed E-state index contributed by atoms with van der Waals surface area (Å²) in [6.45, 7) is 0.553. The monoisotopic (exact) mass is 374 g/mol. The van der Waals surface area contributed by atoms with E-state index in [0.29, 0.717) is 28.1 Å². The Morgan fingerprint density at radius 3 is 2.76 bits per heavy atom. The van der Waals surface area contributed by atoms with Crippen LogP contribution < -0.4 is 10.2 Å². The number of hydrogen-bond donors (Lipinski definition) is 1. The van der Waals surface area contributed by atoms with Gasteiger partial charge in [0.25, 0.3) is 0 Å². The van der Waals surface area contributed by atoms with Crippen LogP contribution in [0.3, 0.4) is 0 Å². The first-order valence-corrected chi connectivity index (χ1v) is 8.36. The maximum atomic E-state index is 6.19. The van der Waals surface area contributed by atoms with Gasteiger partial charge in [0.2, 0.25) is 0 Å². The van der Waals surface area contributed by atoms with Crippen LogP contribution in [0, 0.1) is 0 Å². The lowest BCUT2D eigenvalue weighted by Crippen LogP contribution is -2.06. The van der Waals surface area contributed by atoms with E-state index in [1.807, 2.05) is 42.5 Å². The molecule has 0 radical (unpaired) electrons. The SMILES string of the molecule is COc1ccccc1CN/N=C/c1ccc(-c2ccc(Cl)cc2Cl)o1. The van der Waals surface area contributed by atoms with Crippen LogP contribution in [0.1, 0.15) is 11.3 Å². The maximum Gasteiger partial charge on any atom is 0.147 e. The summed E-state index contributed by atoms with van der Waals surface area (Å²) < 4.78 is 11.0. The Bertz CT molecular complexity index is 891. The molecule has 0 saturated heterocycles. The highest BCUT2D eigenvalue weighted by atomic mass is 35.5. The van der Waals surface area contributed by atoms with E-state index in [0.717, 1.165) is 16.9 Å². The summed E-state index contributed by atoms with van der Waals surface area (Å²) in [6.07, 6.45) is 1.61. The van der Waals surface area contributed by atoms with E-state index in [-0.39, 0.29) is 0 Å². The zero-order valence-electron chi connectivity index (χ0n) is 13.5. The van der Waals surface area contributed by atoms with E-state index in [1.54, 1.807) is 25.5 Å². The Kier molecular flexibility index (Phi) is 5.64. The molecule has 3 rings (SSSR count). The summed E-state index contributed by atoms with van der Waals surface area (Å²) in [4.78, 5) is 0. The Hall–Kier alpha value is -2.43. The van der Waals surface area contributed by atoms with Crippen molar-refractivity contribution in [3.63, 3.8) is 0 Å². The molecule has 0 atom stereocenters. The fourth-order valence-electron chi connectivity index (χ4n) is 2.35. The van der Waals surface area contributed by atoms with Crippen LogP contribution in [0.5, 0.6) is 5.75 Å². The zero-order valence-corrected chi connectivity index (χ0v) is 15.0. The normalized spacial score (nSPS) is 11.0. The molecule has 25 heavy (non-hydrogen) atoms. The highest BCUT2D eigenvalue weighted by Crippen LogP contribution is 2.31. The van der Waals surface area contributed by atoms with Crippen molar-refractivity contribution in [3.05, 3.63) is 76.0 Å². The molecule has 1 aromatic heterocycles. The van der Waals surface area contributed by atoms with E-state index < -0.39 is 0 Å². The molecule has 0 fully saturated rings. The van der Waals surface area contributed by atoms with Crippen LogP contribution in [-0.2, 0) is 6.54 Å². The molecule has 1 heterocycles. The highest BCUT2D eigenvalue weighted by Gasteiger charge is 2.08. The Morgan fingerprint density at radius 2 is 1.96 bits per heavy atom. The number of benzene rings is 2. The maximum absolute atomic E-state index is 6.19. The lowest BCUT2D eigenvalue weighted by molar-refractivity contribution is 0.408. The van der Waals surface area contributed by atoms with Gasteiger partial charge in [-0.25, -0.2) is 0 Å². The second-order valence-electron chi connectivity index (χ2n) is 5.23. The molecule has 0 aliphatic carbocycles. The van der Waals surface area contributed by atoms with Crippen LogP contribution in [-0.4, -0.2) is 13.3 Å². The van der Waals surface area contributed by atoms with Gasteiger partial charge in [-0.2, -0.15) is 5.10 Å². The zero-order chi connectivity index (χ0) is 17.6. The average Bonchev–Trinajstić information content (AvgIpc) is 3.07. The first-order valence-electron chi connectivity index (χ1n) is 7.60. The van der Waals surface area contributed by atoms with Crippen LogP contribution in [0.25, 0.3) is 11.3 Å². The van der Waals surface area contributed by atoms with Crippen molar-refractivity contribution < 1.29 is 9.15 Å². The third-order valence-corrected chi connectivity index (χ3v) is 4.12. The van der Waals surface area contributed by atoms with E-state index in [9.17, 15) is 0 Å². The van der Waals surface area contributed by atoms with Crippen molar-refractivity contribution in [3.8, 4) is 17.1 Å². The standard InChI is InChI=1S/C19H16Cl2N2O2/c1-24-18-5-3-2-4-13(18)11-22-23-12-15-7-9-19(25-15)16-8-6-14(20)10-17(16)21/h2-10,12,22H,11H2,1H3/b23-12+. The molecule has 3 aromatic rings. The fraction of sp³-hybridized carbons (Fsp3) is 0.105. The summed E-state index contributed by atoms with van der Waals surface area (Å²) in [5, 5.41) is 5.30. The fourth-order valence-corrected chi connectivity index (χ4v) is 2.85. The van der Waals surface area contributed by atoms with Gasteiger partial charge in [0, 0.05) is 16.1 Å².